The Morgan fingerprint density at radius 3 is 2.71 bits per heavy atom. The molecule has 2 aromatic heterocycles. The highest BCUT2D eigenvalue weighted by atomic mass is 16.5. The van der Waals surface area contributed by atoms with Crippen molar-refractivity contribution >= 4 is 27.6 Å². The van der Waals surface area contributed by atoms with E-state index in [0.717, 1.165) is 42.3 Å². The number of rotatable bonds is 7. The molecule has 0 bridgehead atoms. The van der Waals surface area contributed by atoms with Crippen LogP contribution in [-0.4, -0.2) is 76.3 Å². The first-order valence-electron chi connectivity index (χ1n) is 14.5. The second kappa shape index (κ2) is 11.4. The molecule has 0 spiro atoms. The van der Waals surface area contributed by atoms with Crippen molar-refractivity contribution in [1.29, 1.82) is 5.26 Å². The topological polar surface area (TPSA) is 112 Å². The molecule has 10 heteroatoms. The first-order valence-corrected chi connectivity index (χ1v) is 14.5. The number of ether oxygens (including phenoxy) is 1. The van der Waals surface area contributed by atoms with Crippen molar-refractivity contribution < 1.29 is 4.74 Å². The Labute approximate surface area is 239 Å². The Hall–Kier alpha value is -4.07. The van der Waals surface area contributed by atoms with Gasteiger partial charge in [0.1, 0.15) is 17.9 Å². The molecule has 2 atom stereocenters. The van der Waals surface area contributed by atoms with Crippen LogP contribution in [0.2, 0.25) is 0 Å². The van der Waals surface area contributed by atoms with E-state index in [-0.39, 0.29) is 29.2 Å². The zero-order valence-electron chi connectivity index (χ0n) is 23.9. The van der Waals surface area contributed by atoms with Crippen LogP contribution in [-0.2, 0) is 6.42 Å². The number of benzene rings is 2. The second-order valence-corrected chi connectivity index (χ2v) is 11.0. The van der Waals surface area contributed by atoms with Gasteiger partial charge in [-0.25, -0.2) is 4.98 Å². The standard InChI is InChI=1S/C31H36N8O2/c1-4-21-8-5-9-22-10-6-12-25(26(21)22)39-20(2)34-27-28(30(39)40)35-31(41-19-24-11-7-16-37(24)3)36-29(27)38-17-15-33-23(18-38)13-14-32/h5-6,8-10,12,23-24,33H,4,7,11,13,15-19H2,1-3H3. The molecule has 212 valence electrons. The number of piperazine rings is 1. The molecule has 2 aliphatic heterocycles. The van der Waals surface area contributed by atoms with Crippen LogP contribution >= 0.6 is 0 Å². The highest BCUT2D eigenvalue weighted by Crippen LogP contribution is 2.29. The number of fused-ring (bicyclic) bond motifs is 2. The summed E-state index contributed by atoms with van der Waals surface area (Å²) >= 11 is 0. The predicted octanol–water partition coefficient (Wildman–Crippen LogP) is 3.36. The summed E-state index contributed by atoms with van der Waals surface area (Å²) < 4.78 is 7.85. The summed E-state index contributed by atoms with van der Waals surface area (Å²) in [5.74, 6) is 1.14. The summed E-state index contributed by atoms with van der Waals surface area (Å²) in [6.07, 6.45) is 3.42. The maximum Gasteiger partial charge on any atom is 0.319 e. The van der Waals surface area contributed by atoms with E-state index in [2.05, 4.69) is 64.4 Å². The molecule has 0 amide bonds. The highest BCUT2D eigenvalue weighted by Gasteiger charge is 2.27. The van der Waals surface area contributed by atoms with Crippen LogP contribution in [0.3, 0.4) is 0 Å². The minimum Gasteiger partial charge on any atom is -0.462 e. The SMILES string of the molecule is CCc1cccc2cccc(-n3c(C)nc4c(N5CCNC(CC#N)C5)nc(OCC5CCCN5C)nc4c3=O)c12. The molecule has 4 heterocycles. The first-order chi connectivity index (χ1) is 20.0. The Morgan fingerprint density at radius 2 is 1.95 bits per heavy atom. The van der Waals surface area contributed by atoms with Gasteiger partial charge in [0, 0.05) is 37.1 Å². The lowest BCUT2D eigenvalue weighted by Crippen LogP contribution is -2.51. The molecular weight excluding hydrogens is 516 g/mol. The average Bonchev–Trinajstić information content (AvgIpc) is 3.40. The molecule has 0 aliphatic carbocycles. The Bertz CT molecular complexity index is 1690. The maximum absolute atomic E-state index is 14.4. The minimum atomic E-state index is -0.249. The van der Waals surface area contributed by atoms with Crippen molar-refractivity contribution in [2.45, 2.75) is 51.6 Å². The van der Waals surface area contributed by atoms with Crippen molar-refractivity contribution in [2.75, 3.05) is 44.7 Å². The molecule has 6 rings (SSSR count). The van der Waals surface area contributed by atoms with E-state index < -0.39 is 0 Å². The fourth-order valence-corrected chi connectivity index (χ4v) is 6.21. The average molecular weight is 553 g/mol. The largest absolute Gasteiger partial charge is 0.462 e. The molecule has 2 unspecified atom stereocenters. The molecule has 2 fully saturated rings. The van der Waals surface area contributed by atoms with Gasteiger partial charge >= 0.3 is 6.01 Å². The number of hydrogen-bond donors (Lipinski definition) is 1. The zero-order valence-corrected chi connectivity index (χ0v) is 23.9. The van der Waals surface area contributed by atoms with Crippen molar-refractivity contribution in [3.63, 3.8) is 0 Å². The summed E-state index contributed by atoms with van der Waals surface area (Å²) in [4.78, 5) is 33.2. The van der Waals surface area contributed by atoms with E-state index in [0.29, 0.717) is 49.8 Å². The number of nitriles is 1. The third kappa shape index (κ3) is 5.11. The maximum atomic E-state index is 14.4. The molecule has 2 saturated heterocycles. The normalized spacial score (nSPS) is 19.6. The fraction of sp³-hybridized carbons (Fsp3) is 0.452. The Morgan fingerprint density at radius 1 is 1.12 bits per heavy atom. The van der Waals surface area contributed by atoms with E-state index >= 15 is 0 Å². The summed E-state index contributed by atoms with van der Waals surface area (Å²) in [6, 6.07) is 15.0. The van der Waals surface area contributed by atoms with Crippen molar-refractivity contribution in [1.82, 2.24) is 29.7 Å². The number of likely N-dealkylation sites (N-methyl/N-ethyl adjacent to an activating group) is 1. The lowest BCUT2D eigenvalue weighted by Gasteiger charge is -2.34. The third-order valence-corrected chi connectivity index (χ3v) is 8.41. The number of aryl methyl sites for hydroxylation is 2. The molecule has 10 nitrogen and oxygen atoms in total. The van der Waals surface area contributed by atoms with Gasteiger partial charge in [-0.15, -0.1) is 0 Å². The van der Waals surface area contributed by atoms with Gasteiger partial charge in [0.25, 0.3) is 5.56 Å². The van der Waals surface area contributed by atoms with Gasteiger partial charge < -0.3 is 19.9 Å². The fourth-order valence-electron chi connectivity index (χ4n) is 6.21. The monoisotopic (exact) mass is 552 g/mol. The summed E-state index contributed by atoms with van der Waals surface area (Å²) in [5, 5.41) is 14.8. The van der Waals surface area contributed by atoms with Gasteiger partial charge in [-0.05, 0) is 56.8 Å². The lowest BCUT2D eigenvalue weighted by molar-refractivity contribution is 0.188. The van der Waals surface area contributed by atoms with Crippen LogP contribution in [0.15, 0.2) is 41.2 Å². The summed E-state index contributed by atoms with van der Waals surface area (Å²) in [5.41, 5.74) is 2.41. The number of aromatic nitrogens is 4. The second-order valence-electron chi connectivity index (χ2n) is 11.0. The van der Waals surface area contributed by atoms with Crippen LogP contribution in [0.5, 0.6) is 6.01 Å². The van der Waals surface area contributed by atoms with Crippen LogP contribution < -0.4 is 20.5 Å². The van der Waals surface area contributed by atoms with Gasteiger partial charge in [0.2, 0.25) is 0 Å². The van der Waals surface area contributed by atoms with E-state index in [9.17, 15) is 10.1 Å². The zero-order chi connectivity index (χ0) is 28.5. The van der Waals surface area contributed by atoms with Crippen LogP contribution in [0.1, 0.15) is 37.6 Å². The molecule has 4 aromatic rings. The molecule has 2 aromatic carbocycles. The minimum absolute atomic E-state index is 0.000104. The molecular formula is C31H36N8O2. The quantitative estimate of drug-likeness (QED) is 0.369. The first kappa shape index (κ1) is 27.1. The van der Waals surface area contributed by atoms with E-state index in [1.165, 1.54) is 5.56 Å². The number of likely N-dealkylation sites (tertiary alicyclic amines) is 1. The number of nitrogens with zero attached hydrogens (tertiary/aromatic N) is 7. The molecule has 0 saturated carbocycles. The van der Waals surface area contributed by atoms with Crippen LogP contribution in [0.25, 0.3) is 27.5 Å². The molecule has 0 radical (unpaired) electrons. The number of anilines is 1. The number of nitrogens with one attached hydrogen (secondary N) is 1. The third-order valence-electron chi connectivity index (χ3n) is 8.41. The van der Waals surface area contributed by atoms with Crippen LogP contribution in [0.4, 0.5) is 5.82 Å². The summed E-state index contributed by atoms with van der Waals surface area (Å²) in [7, 11) is 2.10. The van der Waals surface area contributed by atoms with Gasteiger partial charge in [-0.3, -0.25) is 9.36 Å². The van der Waals surface area contributed by atoms with Crippen molar-refractivity contribution in [3.8, 4) is 17.8 Å². The lowest BCUT2D eigenvalue weighted by atomic mass is 10.0. The highest BCUT2D eigenvalue weighted by molar-refractivity contribution is 5.94. The molecule has 2 aliphatic rings. The van der Waals surface area contributed by atoms with Crippen molar-refractivity contribution in [2.24, 2.45) is 0 Å². The van der Waals surface area contributed by atoms with E-state index in [4.69, 9.17) is 14.7 Å². The van der Waals surface area contributed by atoms with E-state index in [1.807, 2.05) is 19.1 Å². The molecule has 1 N–H and O–H groups in total. The summed E-state index contributed by atoms with van der Waals surface area (Å²) in [6.45, 7) is 7.43. The van der Waals surface area contributed by atoms with Gasteiger partial charge in [0.05, 0.1) is 18.2 Å². The number of hydrogen-bond acceptors (Lipinski definition) is 9. The Balaban J connectivity index is 1.52. The predicted molar refractivity (Wildman–Crippen MR) is 160 cm³/mol. The van der Waals surface area contributed by atoms with Gasteiger partial charge in [0.15, 0.2) is 11.3 Å². The van der Waals surface area contributed by atoms with Crippen molar-refractivity contribution in [3.05, 3.63) is 58.1 Å². The van der Waals surface area contributed by atoms with E-state index in [1.54, 1.807) is 4.57 Å². The van der Waals surface area contributed by atoms with Gasteiger partial charge in [-0.1, -0.05) is 37.3 Å². The van der Waals surface area contributed by atoms with Gasteiger partial charge in [-0.2, -0.15) is 15.2 Å². The smallest absolute Gasteiger partial charge is 0.319 e. The molecule has 41 heavy (non-hydrogen) atoms. The van der Waals surface area contributed by atoms with Crippen LogP contribution in [0, 0.1) is 18.3 Å². The Kier molecular flexibility index (Phi) is 7.56.